The summed E-state index contributed by atoms with van der Waals surface area (Å²) in [5, 5.41) is 0.563. The first-order valence-electron chi connectivity index (χ1n) is 9.55. The van der Waals surface area contributed by atoms with Gasteiger partial charge in [-0.3, -0.25) is 4.79 Å². The Bertz CT molecular complexity index is 1150. The van der Waals surface area contributed by atoms with E-state index in [1.54, 1.807) is 60.7 Å². The number of ether oxygens (including phenoxy) is 4. The van der Waals surface area contributed by atoms with Crippen LogP contribution in [0.1, 0.15) is 26.3 Å². The molecule has 0 aliphatic heterocycles. The third-order valence-electron chi connectivity index (χ3n) is 4.57. The molecule has 0 atom stereocenters. The molecule has 0 heterocycles. The first-order chi connectivity index (χ1) is 15.4. The molecule has 0 aliphatic rings. The Morgan fingerprint density at radius 1 is 0.719 bits per heavy atom. The van der Waals surface area contributed by atoms with Crippen LogP contribution in [0.2, 0.25) is 5.02 Å². The summed E-state index contributed by atoms with van der Waals surface area (Å²) >= 11 is 5.85. The normalized spacial score (nSPS) is 10.6. The Balaban J connectivity index is 1.75. The van der Waals surface area contributed by atoms with Crippen molar-refractivity contribution >= 4 is 29.4 Å². The summed E-state index contributed by atoms with van der Waals surface area (Å²) in [5.74, 6) is 0.772. The minimum Gasteiger partial charge on any atom is -0.493 e. The van der Waals surface area contributed by atoms with Gasteiger partial charge in [0.2, 0.25) is 0 Å². The highest BCUT2D eigenvalue weighted by Crippen LogP contribution is 2.31. The fourth-order valence-electron chi connectivity index (χ4n) is 2.88. The van der Waals surface area contributed by atoms with Crippen LogP contribution < -0.4 is 18.9 Å². The van der Waals surface area contributed by atoms with Gasteiger partial charge < -0.3 is 18.9 Å². The zero-order valence-electron chi connectivity index (χ0n) is 17.8. The number of methoxy groups -OCH3 is 3. The number of carbonyl (C=O) groups excluding carboxylic acids is 2. The average Bonchev–Trinajstić information content (AvgIpc) is 2.82. The molecule has 0 amide bonds. The maximum Gasteiger partial charge on any atom is 0.343 e. The van der Waals surface area contributed by atoms with Crippen LogP contribution in [-0.4, -0.2) is 33.1 Å². The molecule has 0 saturated heterocycles. The van der Waals surface area contributed by atoms with Crippen molar-refractivity contribution in [3.8, 4) is 23.0 Å². The zero-order chi connectivity index (χ0) is 23.1. The number of ketones is 1. The van der Waals surface area contributed by atoms with E-state index in [0.717, 1.165) is 0 Å². The molecule has 7 heteroatoms. The summed E-state index contributed by atoms with van der Waals surface area (Å²) in [5.41, 5.74) is 1.52. The molecule has 3 aromatic rings. The Kier molecular flexibility index (Phi) is 7.52. The summed E-state index contributed by atoms with van der Waals surface area (Å²) in [4.78, 5) is 24.9. The van der Waals surface area contributed by atoms with Gasteiger partial charge in [-0.1, -0.05) is 23.7 Å². The summed E-state index contributed by atoms with van der Waals surface area (Å²) in [7, 11) is 4.47. The lowest BCUT2D eigenvalue weighted by Crippen LogP contribution is -2.09. The molecule has 6 nitrogen and oxygen atoms in total. The van der Waals surface area contributed by atoms with Gasteiger partial charge in [0.25, 0.3) is 0 Å². The molecule has 3 rings (SSSR count). The number of halogens is 1. The molecule has 0 N–H and O–H groups in total. The first-order valence-corrected chi connectivity index (χ1v) is 9.93. The minimum absolute atomic E-state index is 0.162. The lowest BCUT2D eigenvalue weighted by Gasteiger charge is -2.12. The molecule has 0 bridgehead atoms. The lowest BCUT2D eigenvalue weighted by atomic mass is 10.1. The highest BCUT2D eigenvalue weighted by Gasteiger charge is 2.15. The minimum atomic E-state index is -0.578. The third-order valence-corrected chi connectivity index (χ3v) is 4.82. The van der Waals surface area contributed by atoms with Gasteiger partial charge >= 0.3 is 5.97 Å². The molecule has 32 heavy (non-hydrogen) atoms. The molecule has 0 aromatic heterocycles. The van der Waals surface area contributed by atoms with E-state index in [4.69, 9.17) is 30.5 Å². The Morgan fingerprint density at radius 3 is 1.97 bits per heavy atom. The van der Waals surface area contributed by atoms with Gasteiger partial charge in [0.15, 0.2) is 28.8 Å². The largest absolute Gasteiger partial charge is 0.493 e. The van der Waals surface area contributed by atoms with E-state index in [9.17, 15) is 9.59 Å². The molecular formula is C25H21ClO6. The predicted octanol–water partition coefficient (Wildman–Crippen LogP) is 5.48. The highest BCUT2D eigenvalue weighted by atomic mass is 35.5. The summed E-state index contributed by atoms with van der Waals surface area (Å²) in [6.07, 6.45) is 3.10. The van der Waals surface area contributed by atoms with Crippen LogP contribution in [0.3, 0.4) is 0 Å². The van der Waals surface area contributed by atoms with Crippen LogP contribution in [0.25, 0.3) is 6.08 Å². The fourth-order valence-corrected chi connectivity index (χ4v) is 3.00. The second kappa shape index (κ2) is 10.5. The van der Waals surface area contributed by atoms with Crippen LogP contribution in [0.4, 0.5) is 0 Å². The topological polar surface area (TPSA) is 71.1 Å². The molecule has 0 fully saturated rings. The van der Waals surface area contributed by atoms with Crippen molar-refractivity contribution in [2.45, 2.75) is 0 Å². The van der Waals surface area contributed by atoms with E-state index in [1.807, 2.05) is 0 Å². The molecule has 0 aliphatic carbocycles. The van der Waals surface area contributed by atoms with Gasteiger partial charge in [-0.05, 0) is 66.2 Å². The van der Waals surface area contributed by atoms with Gasteiger partial charge in [0.1, 0.15) is 0 Å². The van der Waals surface area contributed by atoms with Crippen molar-refractivity contribution in [3.05, 3.63) is 88.5 Å². The Hall–Kier alpha value is -3.77. The van der Waals surface area contributed by atoms with Crippen LogP contribution in [-0.2, 0) is 0 Å². The number of hydrogen-bond donors (Lipinski definition) is 0. The predicted molar refractivity (Wildman–Crippen MR) is 122 cm³/mol. The molecule has 164 valence electrons. The monoisotopic (exact) mass is 452 g/mol. The Labute approximate surface area is 190 Å². The number of carbonyl (C=O) groups is 2. The molecule has 0 saturated carbocycles. The number of benzene rings is 3. The van der Waals surface area contributed by atoms with E-state index < -0.39 is 5.97 Å². The fraction of sp³-hybridized carbons (Fsp3) is 0.120. The second-order valence-corrected chi connectivity index (χ2v) is 7.01. The number of rotatable bonds is 8. The molecular weight excluding hydrogens is 432 g/mol. The molecule has 0 spiro atoms. The van der Waals surface area contributed by atoms with Crippen molar-refractivity contribution in [1.29, 1.82) is 0 Å². The average molecular weight is 453 g/mol. The van der Waals surface area contributed by atoms with Gasteiger partial charge in [0.05, 0.1) is 26.9 Å². The van der Waals surface area contributed by atoms with Crippen LogP contribution in [0.5, 0.6) is 23.0 Å². The van der Waals surface area contributed by atoms with E-state index in [-0.39, 0.29) is 11.5 Å². The number of esters is 1. The van der Waals surface area contributed by atoms with Crippen molar-refractivity contribution in [1.82, 2.24) is 0 Å². The van der Waals surface area contributed by atoms with Crippen LogP contribution in [0.15, 0.2) is 66.7 Å². The van der Waals surface area contributed by atoms with Crippen LogP contribution >= 0.6 is 11.6 Å². The van der Waals surface area contributed by atoms with Crippen molar-refractivity contribution in [2.75, 3.05) is 21.3 Å². The zero-order valence-corrected chi connectivity index (χ0v) is 18.5. The quantitative estimate of drug-likeness (QED) is 0.195. The van der Waals surface area contributed by atoms with Crippen molar-refractivity contribution in [3.63, 3.8) is 0 Å². The number of hydrogen-bond acceptors (Lipinski definition) is 6. The van der Waals surface area contributed by atoms with Crippen LogP contribution in [0, 0.1) is 0 Å². The molecule has 0 radical (unpaired) electrons. The van der Waals surface area contributed by atoms with E-state index in [2.05, 4.69) is 0 Å². The standard InChI is InChI=1S/C25H21ClO6/c1-29-21-13-8-18(15-24(21)31-3)25(28)32-22-12-5-16(14-23(22)30-2)4-11-20(27)17-6-9-19(26)10-7-17/h4-15H,1-3H3. The summed E-state index contributed by atoms with van der Waals surface area (Å²) in [6.45, 7) is 0. The second-order valence-electron chi connectivity index (χ2n) is 6.57. The summed E-state index contributed by atoms with van der Waals surface area (Å²) in [6, 6.07) is 16.4. The maximum atomic E-state index is 12.6. The van der Waals surface area contributed by atoms with Crippen molar-refractivity contribution in [2.24, 2.45) is 0 Å². The van der Waals surface area contributed by atoms with Gasteiger partial charge in [0, 0.05) is 10.6 Å². The van der Waals surface area contributed by atoms with Crippen molar-refractivity contribution < 1.29 is 28.5 Å². The summed E-state index contributed by atoms with van der Waals surface area (Å²) < 4.78 is 21.2. The first kappa shape index (κ1) is 22.9. The molecule has 3 aromatic carbocycles. The third kappa shape index (κ3) is 5.47. The maximum absolute atomic E-state index is 12.6. The van der Waals surface area contributed by atoms with E-state index in [1.165, 1.54) is 33.5 Å². The van der Waals surface area contributed by atoms with E-state index >= 15 is 0 Å². The number of allylic oxidation sites excluding steroid dienone is 1. The van der Waals surface area contributed by atoms with Gasteiger partial charge in [-0.2, -0.15) is 0 Å². The smallest absolute Gasteiger partial charge is 0.343 e. The van der Waals surface area contributed by atoms with Gasteiger partial charge in [-0.25, -0.2) is 4.79 Å². The highest BCUT2D eigenvalue weighted by molar-refractivity contribution is 6.30. The van der Waals surface area contributed by atoms with Gasteiger partial charge in [-0.15, -0.1) is 0 Å². The van der Waals surface area contributed by atoms with E-state index in [0.29, 0.717) is 39.0 Å². The Morgan fingerprint density at radius 2 is 1.31 bits per heavy atom. The molecule has 0 unspecified atom stereocenters. The SMILES string of the molecule is COc1ccc(C(=O)Oc2ccc(C=CC(=O)c3ccc(Cl)cc3)cc2OC)cc1OC. The lowest BCUT2D eigenvalue weighted by molar-refractivity contribution is 0.0729.